The Kier molecular flexibility index (Phi) is 6.25. The normalized spacial score (nSPS) is 10.5. The molecule has 0 unspecified atom stereocenters. The maximum Gasteiger partial charge on any atom is 0.261 e. The Bertz CT molecular complexity index is 896. The molecular formula is C19H19N3O2S2. The molecule has 0 saturated heterocycles. The molecule has 0 radical (unpaired) electrons. The first-order valence-electron chi connectivity index (χ1n) is 8.20. The second-order valence-corrected chi connectivity index (χ2v) is 8.02. The molecule has 0 saturated carbocycles. The largest absolute Gasteiger partial charge is 0.488 e. The number of ether oxygens (including phenoxy) is 1. The average molecular weight is 386 g/mol. The van der Waals surface area contributed by atoms with E-state index in [9.17, 15) is 4.79 Å². The molecule has 3 rings (SSSR count). The molecule has 2 aromatic carbocycles. The van der Waals surface area contributed by atoms with Crippen LogP contribution in [0.4, 0.5) is 5.13 Å². The topological polar surface area (TPSA) is 64.1 Å². The highest BCUT2D eigenvalue weighted by molar-refractivity contribution is 8.01. The van der Waals surface area contributed by atoms with E-state index in [0.717, 1.165) is 15.7 Å². The van der Waals surface area contributed by atoms with E-state index >= 15 is 0 Å². The van der Waals surface area contributed by atoms with Gasteiger partial charge in [0.15, 0.2) is 4.34 Å². The fraction of sp³-hybridized carbons (Fsp3) is 0.211. The summed E-state index contributed by atoms with van der Waals surface area (Å²) >= 11 is 2.96. The fourth-order valence-corrected chi connectivity index (χ4v) is 3.99. The number of para-hydroxylation sites is 1. The van der Waals surface area contributed by atoms with E-state index in [4.69, 9.17) is 4.74 Å². The predicted molar refractivity (Wildman–Crippen MR) is 106 cm³/mol. The van der Waals surface area contributed by atoms with Gasteiger partial charge in [0, 0.05) is 0 Å². The van der Waals surface area contributed by atoms with Crippen LogP contribution >= 0.6 is 23.1 Å². The van der Waals surface area contributed by atoms with E-state index in [0.29, 0.717) is 23.1 Å². The van der Waals surface area contributed by atoms with E-state index in [-0.39, 0.29) is 5.91 Å². The molecule has 0 bridgehead atoms. The quantitative estimate of drug-likeness (QED) is 0.468. The molecule has 0 spiro atoms. The first kappa shape index (κ1) is 18.4. The van der Waals surface area contributed by atoms with Crippen LogP contribution in [0.2, 0.25) is 0 Å². The molecule has 1 aromatic heterocycles. The molecule has 0 fully saturated rings. The molecule has 0 atom stereocenters. The van der Waals surface area contributed by atoms with Gasteiger partial charge < -0.3 is 4.74 Å². The fourth-order valence-electron chi connectivity index (χ4n) is 2.35. The van der Waals surface area contributed by atoms with Gasteiger partial charge in [-0.05, 0) is 30.4 Å². The molecule has 1 amide bonds. The highest BCUT2D eigenvalue weighted by Crippen LogP contribution is 2.26. The minimum atomic E-state index is -0.256. The van der Waals surface area contributed by atoms with Gasteiger partial charge in [0.25, 0.3) is 5.91 Å². The van der Waals surface area contributed by atoms with Gasteiger partial charge in [-0.2, -0.15) is 0 Å². The van der Waals surface area contributed by atoms with Crippen molar-refractivity contribution in [3.05, 3.63) is 65.2 Å². The van der Waals surface area contributed by atoms with Crippen molar-refractivity contribution < 1.29 is 9.53 Å². The summed E-state index contributed by atoms with van der Waals surface area (Å²) in [6.07, 6.45) is 0. The lowest BCUT2D eigenvalue weighted by molar-refractivity contribution is 0.102. The van der Waals surface area contributed by atoms with Gasteiger partial charge in [0.1, 0.15) is 12.4 Å². The van der Waals surface area contributed by atoms with Gasteiger partial charge in [0.2, 0.25) is 5.13 Å². The van der Waals surface area contributed by atoms with Crippen LogP contribution in [0.5, 0.6) is 5.75 Å². The molecular weight excluding hydrogens is 366 g/mol. The summed E-state index contributed by atoms with van der Waals surface area (Å²) in [6, 6.07) is 15.3. The average Bonchev–Trinajstić information content (AvgIpc) is 3.07. The first-order valence-corrected chi connectivity index (χ1v) is 10.0. The molecule has 0 aliphatic heterocycles. The van der Waals surface area contributed by atoms with Crippen molar-refractivity contribution in [1.82, 2.24) is 10.2 Å². The van der Waals surface area contributed by atoms with Crippen molar-refractivity contribution in [3.63, 3.8) is 0 Å². The van der Waals surface area contributed by atoms with Crippen molar-refractivity contribution in [3.8, 4) is 5.75 Å². The van der Waals surface area contributed by atoms with E-state index in [1.54, 1.807) is 23.9 Å². The second-order valence-electron chi connectivity index (χ2n) is 5.53. The first-order chi connectivity index (χ1) is 12.7. The summed E-state index contributed by atoms with van der Waals surface area (Å²) < 4.78 is 6.72. The van der Waals surface area contributed by atoms with Gasteiger partial charge in [-0.1, -0.05) is 72.0 Å². The van der Waals surface area contributed by atoms with E-state index < -0.39 is 0 Å². The van der Waals surface area contributed by atoms with Crippen LogP contribution in [0.25, 0.3) is 0 Å². The third-order valence-corrected chi connectivity index (χ3v) is 5.36. The summed E-state index contributed by atoms with van der Waals surface area (Å²) in [7, 11) is 0. The standard InChI is InChI=1S/C19H19N3O2S2/c1-3-25-19-22-21-18(26-19)20-17(23)15-9-4-5-10-16(15)24-12-14-8-6-7-13(2)11-14/h4-11H,3,12H2,1-2H3,(H,20,21,23). The number of thioether (sulfide) groups is 1. The number of benzene rings is 2. The van der Waals surface area contributed by atoms with Crippen LogP contribution in [-0.2, 0) is 6.61 Å². The molecule has 0 aliphatic carbocycles. The minimum absolute atomic E-state index is 0.256. The van der Waals surface area contributed by atoms with Gasteiger partial charge in [0.05, 0.1) is 5.56 Å². The number of carbonyl (C=O) groups excluding carboxylic acids is 1. The van der Waals surface area contributed by atoms with Crippen molar-refractivity contribution in [2.45, 2.75) is 24.8 Å². The van der Waals surface area contributed by atoms with Crippen LogP contribution < -0.4 is 10.1 Å². The Balaban J connectivity index is 1.70. The smallest absolute Gasteiger partial charge is 0.261 e. The van der Waals surface area contributed by atoms with Crippen LogP contribution in [0.15, 0.2) is 52.9 Å². The van der Waals surface area contributed by atoms with Crippen LogP contribution in [0.1, 0.15) is 28.4 Å². The SMILES string of the molecule is CCSc1nnc(NC(=O)c2ccccc2OCc2cccc(C)c2)s1. The molecule has 1 N–H and O–H groups in total. The molecule has 7 heteroatoms. The Hall–Kier alpha value is -2.38. The molecule has 3 aromatic rings. The summed E-state index contributed by atoms with van der Waals surface area (Å²) in [6.45, 7) is 4.49. The number of amides is 1. The zero-order valence-corrected chi connectivity index (χ0v) is 16.2. The molecule has 0 aliphatic rings. The van der Waals surface area contributed by atoms with Gasteiger partial charge in [-0.15, -0.1) is 10.2 Å². The molecule has 5 nitrogen and oxygen atoms in total. The number of aryl methyl sites for hydroxylation is 1. The zero-order valence-electron chi connectivity index (χ0n) is 14.6. The highest BCUT2D eigenvalue weighted by Gasteiger charge is 2.15. The van der Waals surface area contributed by atoms with Crippen LogP contribution in [0.3, 0.4) is 0 Å². The van der Waals surface area contributed by atoms with Crippen LogP contribution in [0, 0.1) is 6.92 Å². The summed E-state index contributed by atoms with van der Waals surface area (Å²) in [5.41, 5.74) is 2.71. The number of rotatable bonds is 7. The number of aromatic nitrogens is 2. The van der Waals surface area contributed by atoms with Gasteiger partial charge >= 0.3 is 0 Å². The Labute approximate surface area is 160 Å². The summed E-state index contributed by atoms with van der Waals surface area (Å²) in [5, 5.41) is 11.3. The van der Waals surface area contributed by atoms with Crippen molar-refractivity contribution in [2.75, 3.05) is 11.1 Å². The number of nitrogens with zero attached hydrogens (tertiary/aromatic N) is 2. The number of hydrogen-bond acceptors (Lipinski definition) is 6. The second kappa shape index (κ2) is 8.82. The third kappa shape index (κ3) is 4.83. The number of hydrogen-bond donors (Lipinski definition) is 1. The van der Waals surface area contributed by atoms with Gasteiger partial charge in [-0.3, -0.25) is 10.1 Å². The van der Waals surface area contributed by atoms with Crippen LogP contribution in [-0.4, -0.2) is 21.9 Å². The Morgan fingerprint density at radius 2 is 2.04 bits per heavy atom. The lowest BCUT2D eigenvalue weighted by Crippen LogP contribution is -2.13. The van der Waals surface area contributed by atoms with E-state index in [1.807, 2.05) is 44.2 Å². The van der Waals surface area contributed by atoms with Gasteiger partial charge in [-0.25, -0.2) is 0 Å². The summed E-state index contributed by atoms with van der Waals surface area (Å²) in [4.78, 5) is 12.6. The lowest BCUT2D eigenvalue weighted by atomic mass is 10.1. The molecule has 26 heavy (non-hydrogen) atoms. The third-order valence-electron chi connectivity index (χ3n) is 3.50. The summed E-state index contributed by atoms with van der Waals surface area (Å²) in [5.74, 6) is 1.20. The van der Waals surface area contributed by atoms with Crippen molar-refractivity contribution >= 4 is 34.1 Å². The highest BCUT2D eigenvalue weighted by atomic mass is 32.2. The monoisotopic (exact) mass is 385 g/mol. The molecule has 1 heterocycles. The molecule has 134 valence electrons. The maximum atomic E-state index is 12.6. The lowest BCUT2D eigenvalue weighted by Gasteiger charge is -2.11. The minimum Gasteiger partial charge on any atom is -0.488 e. The number of carbonyl (C=O) groups is 1. The number of anilines is 1. The Morgan fingerprint density at radius 3 is 2.85 bits per heavy atom. The zero-order chi connectivity index (χ0) is 18.4. The van der Waals surface area contributed by atoms with E-state index in [2.05, 4.69) is 21.6 Å². The van der Waals surface area contributed by atoms with Crippen molar-refractivity contribution in [2.24, 2.45) is 0 Å². The maximum absolute atomic E-state index is 12.6. The number of nitrogens with one attached hydrogen (secondary N) is 1. The van der Waals surface area contributed by atoms with Crippen molar-refractivity contribution in [1.29, 1.82) is 0 Å². The predicted octanol–water partition coefficient (Wildman–Crippen LogP) is 4.79. The van der Waals surface area contributed by atoms with E-state index in [1.165, 1.54) is 16.9 Å². The Morgan fingerprint density at radius 1 is 1.19 bits per heavy atom.